The topological polar surface area (TPSA) is 120 Å². The Kier molecular flexibility index (Phi) is 6.07. The Bertz CT molecular complexity index is 1790. The van der Waals surface area contributed by atoms with E-state index >= 15 is 0 Å². The van der Waals surface area contributed by atoms with Gasteiger partial charge in [0.25, 0.3) is 15.7 Å². The van der Waals surface area contributed by atoms with Gasteiger partial charge in [0.1, 0.15) is 12.0 Å². The van der Waals surface area contributed by atoms with E-state index in [1.807, 2.05) is 0 Å². The fraction of sp³-hybridized carbons (Fsp3) is 0.0400. The van der Waals surface area contributed by atoms with Crippen molar-refractivity contribution in [3.05, 3.63) is 107 Å². The predicted octanol–water partition coefficient (Wildman–Crippen LogP) is 5.82. The van der Waals surface area contributed by atoms with Gasteiger partial charge in [-0.3, -0.25) is 14.8 Å². The molecular formula is C25H16F3N5O4S. The summed E-state index contributed by atoms with van der Waals surface area (Å²) in [6.45, 7) is 0. The van der Waals surface area contributed by atoms with Crippen LogP contribution in [0.5, 0.6) is 0 Å². The summed E-state index contributed by atoms with van der Waals surface area (Å²) in [5, 5.41) is 11.9. The number of hydrogen-bond acceptors (Lipinski definition) is 6. The molecule has 1 N–H and O–H groups in total. The highest BCUT2D eigenvalue weighted by Gasteiger charge is 2.30. The number of rotatable bonds is 6. The molecule has 3 aromatic carbocycles. The van der Waals surface area contributed by atoms with Crippen molar-refractivity contribution in [2.24, 2.45) is 0 Å². The van der Waals surface area contributed by atoms with E-state index in [-0.39, 0.29) is 5.69 Å². The van der Waals surface area contributed by atoms with E-state index in [2.05, 4.69) is 14.7 Å². The summed E-state index contributed by atoms with van der Waals surface area (Å²) in [4.78, 5) is 18.6. The number of nitrogens with one attached hydrogen (secondary N) is 1. The van der Waals surface area contributed by atoms with E-state index in [1.54, 1.807) is 29.0 Å². The van der Waals surface area contributed by atoms with Crippen LogP contribution in [0.3, 0.4) is 0 Å². The minimum Gasteiger partial charge on any atom is -0.301 e. The summed E-state index contributed by atoms with van der Waals surface area (Å²) in [6, 6.07) is 17.6. The second-order valence-electron chi connectivity index (χ2n) is 8.10. The number of halogens is 3. The van der Waals surface area contributed by atoms with Crippen LogP contribution in [0.1, 0.15) is 5.56 Å². The summed E-state index contributed by atoms with van der Waals surface area (Å²) >= 11 is 0. The van der Waals surface area contributed by atoms with Gasteiger partial charge < -0.3 is 4.57 Å². The fourth-order valence-electron chi connectivity index (χ4n) is 3.97. The Morgan fingerprint density at radius 2 is 1.66 bits per heavy atom. The monoisotopic (exact) mass is 539 g/mol. The van der Waals surface area contributed by atoms with Gasteiger partial charge in [-0.1, -0.05) is 30.3 Å². The third-order valence-electron chi connectivity index (χ3n) is 5.70. The average Bonchev–Trinajstić information content (AvgIpc) is 3.33. The Morgan fingerprint density at radius 1 is 0.921 bits per heavy atom. The van der Waals surface area contributed by atoms with Crippen LogP contribution >= 0.6 is 0 Å². The highest BCUT2D eigenvalue weighted by molar-refractivity contribution is 7.92. The lowest BCUT2D eigenvalue weighted by molar-refractivity contribution is -0.387. The van der Waals surface area contributed by atoms with Crippen molar-refractivity contribution in [2.75, 3.05) is 4.72 Å². The zero-order valence-corrected chi connectivity index (χ0v) is 19.9. The van der Waals surface area contributed by atoms with E-state index in [0.29, 0.717) is 28.0 Å². The van der Waals surface area contributed by atoms with E-state index in [9.17, 15) is 31.7 Å². The minimum absolute atomic E-state index is 0.152. The second kappa shape index (κ2) is 9.27. The van der Waals surface area contributed by atoms with Gasteiger partial charge in [0.05, 0.1) is 21.9 Å². The number of alkyl halides is 3. The number of fused-ring (bicyclic) bond motifs is 1. The van der Waals surface area contributed by atoms with Gasteiger partial charge in [0, 0.05) is 28.9 Å². The largest absolute Gasteiger partial charge is 0.416 e. The number of benzene rings is 3. The molecule has 0 amide bonds. The fourth-order valence-corrected chi connectivity index (χ4v) is 5.19. The van der Waals surface area contributed by atoms with E-state index in [0.717, 1.165) is 24.3 Å². The molecule has 0 atom stereocenters. The first-order chi connectivity index (χ1) is 18.0. The summed E-state index contributed by atoms with van der Waals surface area (Å²) < 4.78 is 68.7. The summed E-state index contributed by atoms with van der Waals surface area (Å²) in [7, 11) is -4.28. The number of aromatic nitrogens is 3. The van der Waals surface area contributed by atoms with Gasteiger partial charge in [-0.05, 0) is 42.5 Å². The van der Waals surface area contributed by atoms with Crippen LogP contribution in [0.4, 0.5) is 24.5 Å². The quantitative estimate of drug-likeness (QED) is 0.215. The molecule has 5 aromatic rings. The summed E-state index contributed by atoms with van der Waals surface area (Å²) in [5.74, 6) is 0. The molecule has 0 spiro atoms. The zero-order valence-electron chi connectivity index (χ0n) is 19.1. The van der Waals surface area contributed by atoms with Crippen molar-refractivity contribution in [1.29, 1.82) is 0 Å². The first-order valence-corrected chi connectivity index (χ1v) is 12.4. The van der Waals surface area contributed by atoms with Crippen molar-refractivity contribution in [1.82, 2.24) is 14.5 Å². The Balaban J connectivity index is 1.50. The Labute approximate surface area is 213 Å². The minimum atomic E-state index is -4.46. The van der Waals surface area contributed by atoms with Crippen LogP contribution in [-0.4, -0.2) is 27.9 Å². The molecular weight excluding hydrogens is 523 g/mol. The lowest BCUT2D eigenvalue weighted by Crippen LogP contribution is -2.14. The van der Waals surface area contributed by atoms with Crippen molar-refractivity contribution < 1.29 is 26.5 Å². The number of nitrogens with zero attached hydrogens (tertiary/aromatic N) is 4. The molecule has 2 aromatic heterocycles. The maximum atomic E-state index is 13.0. The van der Waals surface area contributed by atoms with Gasteiger partial charge in [-0.2, -0.15) is 13.2 Å². The highest BCUT2D eigenvalue weighted by atomic mass is 32.2. The molecule has 0 unspecified atom stereocenters. The third kappa shape index (κ3) is 4.66. The number of para-hydroxylation sites is 1. The summed E-state index contributed by atoms with van der Waals surface area (Å²) in [6.07, 6.45) is -1.50. The molecule has 0 aliphatic carbocycles. The number of nitro benzene ring substituents is 1. The molecule has 38 heavy (non-hydrogen) atoms. The highest BCUT2D eigenvalue weighted by Crippen LogP contribution is 2.33. The molecule has 0 aliphatic heterocycles. The number of nitro groups is 1. The molecule has 0 radical (unpaired) electrons. The van der Waals surface area contributed by atoms with Crippen molar-refractivity contribution >= 4 is 32.4 Å². The van der Waals surface area contributed by atoms with Crippen molar-refractivity contribution in [3.8, 4) is 16.9 Å². The van der Waals surface area contributed by atoms with Crippen LogP contribution in [0.2, 0.25) is 0 Å². The molecule has 13 heteroatoms. The lowest BCUT2D eigenvalue weighted by atomic mass is 10.1. The van der Waals surface area contributed by atoms with Gasteiger partial charge in [0.2, 0.25) is 0 Å². The van der Waals surface area contributed by atoms with Crippen LogP contribution in [0.25, 0.3) is 28.0 Å². The van der Waals surface area contributed by atoms with E-state index < -0.39 is 37.3 Å². The molecule has 0 saturated heterocycles. The Morgan fingerprint density at radius 3 is 2.37 bits per heavy atom. The van der Waals surface area contributed by atoms with E-state index in [1.165, 1.54) is 42.7 Å². The molecule has 0 bridgehead atoms. The maximum absolute atomic E-state index is 13.0. The van der Waals surface area contributed by atoms with Crippen LogP contribution in [0.15, 0.2) is 96.3 Å². The van der Waals surface area contributed by atoms with Crippen LogP contribution in [-0.2, 0) is 16.2 Å². The molecule has 0 fully saturated rings. The van der Waals surface area contributed by atoms with Gasteiger partial charge in [0.15, 0.2) is 4.90 Å². The third-order valence-corrected chi connectivity index (χ3v) is 7.12. The number of sulfonamides is 1. The van der Waals surface area contributed by atoms with Crippen LogP contribution < -0.4 is 4.72 Å². The molecule has 0 aliphatic rings. The van der Waals surface area contributed by atoms with E-state index in [4.69, 9.17) is 0 Å². The molecule has 2 heterocycles. The lowest BCUT2D eigenvalue weighted by Gasteiger charge is -2.11. The standard InChI is InChI=1S/C25H16F3N5O4S/c26-25(27,28)17-10-8-16(9-11-17)23-20-12-13-32(24(20)30-15-29-23)19-5-3-4-18(14-19)31-38(36,37)22-7-2-1-6-21(22)33(34)35/h1-15,31H. The molecule has 0 saturated carbocycles. The second-order valence-corrected chi connectivity index (χ2v) is 9.75. The Hall–Kier alpha value is -4.78. The SMILES string of the molecule is O=[N+]([O-])c1ccccc1S(=O)(=O)Nc1cccc(-n2ccc3c(-c4ccc(C(F)(F)F)cc4)ncnc32)c1. The normalized spacial score (nSPS) is 12.0. The average molecular weight is 539 g/mol. The van der Waals surface area contributed by atoms with Crippen molar-refractivity contribution in [2.45, 2.75) is 11.1 Å². The smallest absolute Gasteiger partial charge is 0.301 e. The zero-order chi connectivity index (χ0) is 27.1. The number of anilines is 1. The first-order valence-electron chi connectivity index (χ1n) is 10.9. The van der Waals surface area contributed by atoms with Gasteiger partial charge in [-0.15, -0.1) is 0 Å². The number of hydrogen-bond donors (Lipinski definition) is 1. The first kappa shape index (κ1) is 24.9. The molecule has 9 nitrogen and oxygen atoms in total. The van der Waals surface area contributed by atoms with Gasteiger partial charge >= 0.3 is 6.18 Å². The predicted molar refractivity (Wildman–Crippen MR) is 133 cm³/mol. The summed E-state index contributed by atoms with van der Waals surface area (Å²) in [5.41, 5.74) is 0.669. The molecule has 192 valence electrons. The maximum Gasteiger partial charge on any atom is 0.416 e. The van der Waals surface area contributed by atoms with Crippen LogP contribution in [0, 0.1) is 10.1 Å². The molecule has 5 rings (SSSR count). The van der Waals surface area contributed by atoms with Gasteiger partial charge in [-0.25, -0.2) is 18.4 Å². The van der Waals surface area contributed by atoms with Crippen molar-refractivity contribution in [3.63, 3.8) is 0 Å².